The van der Waals surface area contributed by atoms with Gasteiger partial charge in [0, 0.05) is 30.4 Å². The van der Waals surface area contributed by atoms with E-state index in [-0.39, 0.29) is 34.8 Å². The van der Waals surface area contributed by atoms with Crippen LogP contribution in [0.25, 0.3) is 10.8 Å². The molecule has 218 valence electrons. The van der Waals surface area contributed by atoms with Crippen LogP contribution in [0.2, 0.25) is 0 Å². The van der Waals surface area contributed by atoms with Crippen LogP contribution in [0.3, 0.4) is 0 Å². The molecule has 4 aromatic carbocycles. The van der Waals surface area contributed by atoms with Crippen LogP contribution >= 0.6 is 0 Å². The lowest BCUT2D eigenvalue weighted by Crippen LogP contribution is -2.46. The quantitative estimate of drug-likeness (QED) is 0.160. The highest BCUT2D eigenvalue weighted by atomic mass is 16.6. The molecule has 1 aliphatic rings. The first-order valence-electron chi connectivity index (χ1n) is 14.0. The van der Waals surface area contributed by atoms with Crippen LogP contribution in [0.15, 0.2) is 66.7 Å². The Kier molecular flexibility index (Phi) is 8.47. The van der Waals surface area contributed by atoms with Crippen LogP contribution in [-0.4, -0.2) is 58.9 Å². The minimum absolute atomic E-state index is 0.142. The highest BCUT2D eigenvalue weighted by molar-refractivity contribution is 6.04. The van der Waals surface area contributed by atoms with Crippen LogP contribution in [0.1, 0.15) is 51.3 Å². The predicted octanol–water partition coefficient (Wildman–Crippen LogP) is 5.96. The Morgan fingerprint density at radius 1 is 0.762 bits per heavy atom. The van der Waals surface area contributed by atoms with E-state index in [1.54, 1.807) is 60.7 Å². The van der Waals surface area contributed by atoms with Crippen molar-refractivity contribution in [2.45, 2.75) is 46.3 Å². The van der Waals surface area contributed by atoms with Crippen molar-refractivity contribution in [3.8, 4) is 23.0 Å². The van der Waals surface area contributed by atoms with Gasteiger partial charge in [0.25, 0.3) is 0 Å². The number of hydrogen-bond donors (Lipinski definition) is 2. The Balaban J connectivity index is 1.52. The number of carbonyl (C=O) groups excluding carboxylic acids is 2. The van der Waals surface area contributed by atoms with Crippen molar-refractivity contribution in [1.82, 2.24) is 4.90 Å². The van der Waals surface area contributed by atoms with Gasteiger partial charge in [-0.3, -0.25) is 4.90 Å². The molecule has 8 nitrogen and oxygen atoms in total. The molecule has 0 saturated carbocycles. The fraction of sp³-hybridized carbons (Fsp3) is 0.294. The summed E-state index contributed by atoms with van der Waals surface area (Å²) in [6.07, 6.45) is 0.966. The first-order chi connectivity index (χ1) is 20.1. The maximum Gasteiger partial charge on any atom is 0.343 e. The van der Waals surface area contributed by atoms with Crippen molar-refractivity contribution in [1.29, 1.82) is 0 Å². The Morgan fingerprint density at radius 3 is 1.74 bits per heavy atom. The molecule has 8 heteroatoms. The zero-order valence-corrected chi connectivity index (χ0v) is 24.2. The summed E-state index contributed by atoms with van der Waals surface area (Å²) in [6, 6.07) is 19.0. The maximum atomic E-state index is 13.1. The van der Waals surface area contributed by atoms with Gasteiger partial charge in [0.05, 0.1) is 23.3 Å². The van der Waals surface area contributed by atoms with Crippen LogP contribution in [-0.2, 0) is 11.2 Å². The van der Waals surface area contributed by atoms with E-state index in [0.29, 0.717) is 17.2 Å². The van der Waals surface area contributed by atoms with Crippen LogP contribution in [0, 0.1) is 13.8 Å². The number of esters is 2. The largest absolute Gasteiger partial charge is 0.502 e. The highest BCUT2D eigenvalue weighted by Crippen LogP contribution is 2.50. The number of carbonyl (C=O) groups is 2. The second-order valence-electron chi connectivity index (χ2n) is 11.0. The molecule has 0 radical (unpaired) electrons. The minimum Gasteiger partial charge on any atom is -0.502 e. The smallest absolute Gasteiger partial charge is 0.343 e. The Hall–Kier alpha value is -4.40. The summed E-state index contributed by atoms with van der Waals surface area (Å²) < 4.78 is 17.2. The van der Waals surface area contributed by atoms with Gasteiger partial charge < -0.3 is 24.4 Å². The number of hydrogen-bond acceptors (Lipinski definition) is 8. The summed E-state index contributed by atoms with van der Waals surface area (Å²) in [5, 5.41) is 22.7. The van der Waals surface area contributed by atoms with Crippen molar-refractivity contribution in [3.05, 3.63) is 94.5 Å². The van der Waals surface area contributed by atoms with Gasteiger partial charge in [-0.15, -0.1) is 0 Å². The second-order valence-corrected chi connectivity index (χ2v) is 11.0. The molecule has 2 atom stereocenters. The zero-order chi connectivity index (χ0) is 30.0. The van der Waals surface area contributed by atoms with E-state index < -0.39 is 23.4 Å². The molecular weight excluding hydrogens is 534 g/mol. The number of nitrogens with zero attached hydrogens (tertiary/aromatic N) is 1. The lowest BCUT2D eigenvalue weighted by atomic mass is 10.0. The zero-order valence-electron chi connectivity index (χ0n) is 24.2. The maximum absolute atomic E-state index is 13.1. The van der Waals surface area contributed by atoms with E-state index in [4.69, 9.17) is 14.2 Å². The van der Waals surface area contributed by atoms with E-state index in [0.717, 1.165) is 36.3 Å². The Bertz CT molecular complexity index is 1600. The van der Waals surface area contributed by atoms with Crippen molar-refractivity contribution in [3.63, 3.8) is 0 Å². The van der Waals surface area contributed by atoms with Crippen LogP contribution in [0.4, 0.5) is 0 Å². The topological polar surface area (TPSA) is 106 Å². The van der Waals surface area contributed by atoms with E-state index in [2.05, 4.69) is 18.7 Å². The van der Waals surface area contributed by atoms with E-state index in [1.807, 2.05) is 19.9 Å². The number of rotatable bonds is 7. The molecule has 2 unspecified atom stereocenters. The number of aryl methyl sites for hydroxylation is 2. The molecule has 0 spiro atoms. The van der Waals surface area contributed by atoms with Gasteiger partial charge in [0.15, 0.2) is 11.5 Å². The highest BCUT2D eigenvalue weighted by Gasteiger charge is 2.26. The monoisotopic (exact) mass is 569 g/mol. The summed E-state index contributed by atoms with van der Waals surface area (Å²) in [5.41, 5.74) is 3.45. The third-order valence-corrected chi connectivity index (χ3v) is 7.40. The van der Waals surface area contributed by atoms with Crippen molar-refractivity contribution >= 4 is 22.7 Å². The van der Waals surface area contributed by atoms with E-state index in [9.17, 15) is 19.8 Å². The van der Waals surface area contributed by atoms with E-state index in [1.165, 1.54) is 0 Å². The minimum atomic E-state index is -0.699. The summed E-state index contributed by atoms with van der Waals surface area (Å²) in [5.74, 6) is -3.21. The molecule has 4 aromatic rings. The molecule has 42 heavy (non-hydrogen) atoms. The van der Waals surface area contributed by atoms with Gasteiger partial charge in [0.1, 0.15) is 0 Å². The summed E-state index contributed by atoms with van der Waals surface area (Å²) in [4.78, 5) is 28.4. The fourth-order valence-corrected chi connectivity index (χ4v) is 5.25. The SMILES string of the molecule is Cc1ccc(C(=O)Oc2c(O)c(O)c(OC(=O)c3ccc(C)cc3)c3cc(CCN4CC(C)OC(C)C4)ccc23)cc1. The van der Waals surface area contributed by atoms with Gasteiger partial charge in [-0.25, -0.2) is 9.59 Å². The number of phenols is 2. The third kappa shape index (κ3) is 6.40. The number of aromatic hydroxyl groups is 2. The number of fused-ring (bicyclic) bond motifs is 1. The summed E-state index contributed by atoms with van der Waals surface area (Å²) in [7, 11) is 0. The number of benzene rings is 4. The molecule has 0 amide bonds. The van der Waals surface area contributed by atoms with Crippen molar-refractivity contribution in [2.24, 2.45) is 0 Å². The molecule has 1 saturated heterocycles. The molecule has 1 aliphatic heterocycles. The lowest BCUT2D eigenvalue weighted by Gasteiger charge is -2.35. The first kappa shape index (κ1) is 29.1. The van der Waals surface area contributed by atoms with Crippen molar-refractivity contribution in [2.75, 3.05) is 19.6 Å². The third-order valence-electron chi connectivity index (χ3n) is 7.40. The molecule has 0 aliphatic carbocycles. The standard InChI is InChI=1S/C34H35NO7/c1-20-5-10-25(11-6-20)33(38)41-31-27-14-9-24(15-16-35-18-22(3)40-23(4)19-35)17-28(27)32(30(37)29(31)36)42-34(39)26-12-7-21(2)8-13-26/h5-14,17,22-23,36-37H,15-16,18-19H2,1-4H3. The Morgan fingerprint density at radius 2 is 1.24 bits per heavy atom. The first-order valence-corrected chi connectivity index (χ1v) is 14.0. The van der Waals surface area contributed by atoms with Gasteiger partial charge in [-0.2, -0.15) is 0 Å². The predicted molar refractivity (Wildman–Crippen MR) is 160 cm³/mol. The molecule has 1 fully saturated rings. The molecule has 2 N–H and O–H groups in total. The second kappa shape index (κ2) is 12.2. The van der Waals surface area contributed by atoms with Gasteiger partial charge >= 0.3 is 11.9 Å². The number of phenolic OH excluding ortho intramolecular Hbond substituents is 2. The number of ether oxygens (including phenoxy) is 3. The average molecular weight is 570 g/mol. The van der Waals surface area contributed by atoms with Gasteiger partial charge in [-0.05, 0) is 70.0 Å². The van der Waals surface area contributed by atoms with E-state index >= 15 is 0 Å². The van der Waals surface area contributed by atoms with Crippen molar-refractivity contribution < 1.29 is 34.0 Å². The molecule has 1 heterocycles. The summed E-state index contributed by atoms with van der Waals surface area (Å²) in [6.45, 7) is 10.4. The molecule has 5 rings (SSSR count). The van der Waals surface area contributed by atoms with Gasteiger partial charge in [-0.1, -0.05) is 47.5 Å². The summed E-state index contributed by atoms with van der Waals surface area (Å²) >= 11 is 0. The van der Waals surface area contributed by atoms with Gasteiger partial charge in [0.2, 0.25) is 11.5 Å². The van der Waals surface area contributed by atoms with Crippen LogP contribution in [0.5, 0.6) is 23.0 Å². The normalized spacial score (nSPS) is 17.2. The number of morpholine rings is 1. The fourth-order valence-electron chi connectivity index (χ4n) is 5.25. The van der Waals surface area contributed by atoms with Crippen LogP contribution < -0.4 is 9.47 Å². The average Bonchev–Trinajstić information content (AvgIpc) is 2.96. The molecular formula is C34H35NO7. The Labute approximate surface area is 245 Å². The molecule has 0 aromatic heterocycles. The lowest BCUT2D eigenvalue weighted by molar-refractivity contribution is -0.0675. The molecule has 0 bridgehead atoms.